The van der Waals surface area contributed by atoms with E-state index >= 15 is 0 Å². The number of hydrogen-bond acceptors (Lipinski definition) is 1. The van der Waals surface area contributed by atoms with Gasteiger partial charge in [-0.2, -0.15) is 0 Å². The van der Waals surface area contributed by atoms with E-state index in [1.165, 1.54) is 0 Å². The summed E-state index contributed by atoms with van der Waals surface area (Å²) in [5, 5.41) is 2.18. The van der Waals surface area contributed by atoms with Crippen molar-refractivity contribution in [3.63, 3.8) is 0 Å². The van der Waals surface area contributed by atoms with Crippen LogP contribution in [-0.2, 0) is 4.79 Å². The number of nitrogens with one attached hydrogen (secondary N) is 1. The smallest absolute Gasteiger partial charge is 0.231 e. The van der Waals surface area contributed by atoms with Crippen molar-refractivity contribution in [1.82, 2.24) is 5.32 Å². The Hall–Kier alpha value is -0.970. The summed E-state index contributed by atoms with van der Waals surface area (Å²) in [6.07, 6.45) is 5.17. The second-order valence-corrected chi connectivity index (χ2v) is 1.05. The Morgan fingerprint density at radius 2 is 2.57 bits per heavy atom. The predicted molar refractivity (Wildman–Crippen MR) is 27.3 cm³/mol. The van der Waals surface area contributed by atoms with Gasteiger partial charge in [-0.25, -0.2) is 0 Å². The fourth-order valence-corrected chi connectivity index (χ4v) is 0.169. The number of terminal acetylenes is 1. The molecule has 0 saturated carbocycles. The molecule has 1 N–H and O–H groups in total. The fraction of sp³-hybridized carbons (Fsp3) is 0.400. The molecule has 0 aliphatic rings. The first-order chi connectivity index (χ1) is 3.31. The van der Waals surface area contributed by atoms with Gasteiger partial charge in [0.1, 0.15) is 0 Å². The van der Waals surface area contributed by atoms with Gasteiger partial charge < -0.3 is 0 Å². The molecule has 38 valence electrons. The van der Waals surface area contributed by atoms with Crippen molar-refractivity contribution >= 4 is 5.91 Å². The Bertz CT molecular complexity index is 101. The van der Waals surface area contributed by atoms with Gasteiger partial charge in [-0.15, -0.1) is 0 Å². The van der Waals surface area contributed by atoms with Gasteiger partial charge in [0.2, 0.25) is 5.91 Å². The summed E-state index contributed by atoms with van der Waals surface area (Å²) < 4.78 is 0. The van der Waals surface area contributed by atoms with Gasteiger partial charge >= 0.3 is 0 Å². The normalized spacial score (nSPS) is 6.86. The molecule has 0 fully saturated rings. The first-order valence-corrected chi connectivity index (χ1v) is 2.05. The average molecular weight is 97.1 g/mol. The summed E-state index contributed by atoms with van der Waals surface area (Å²) in [6, 6.07) is 2.02. The monoisotopic (exact) mass is 97.1 g/mol. The van der Waals surface area contributed by atoms with E-state index in [1.54, 1.807) is 6.92 Å². The summed E-state index contributed by atoms with van der Waals surface area (Å²) in [7, 11) is 0. The summed E-state index contributed by atoms with van der Waals surface area (Å²) in [6.45, 7) is 1.74. The molecule has 0 heterocycles. The van der Waals surface area contributed by atoms with Crippen molar-refractivity contribution in [2.24, 2.45) is 0 Å². The standard InChI is InChI=1S/C5H7NO/c1-3-5(7)6-4-2/h2H,3H2,1H3,(H,6,7). The van der Waals surface area contributed by atoms with Crippen LogP contribution < -0.4 is 5.32 Å². The van der Waals surface area contributed by atoms with Gasteiger partial charge in [-0.3, -0.25) is 10.1 Å². The molecule has 0 aliphatic carbocycles. The minimum absolute atomic E-state index is 0.109. The molecule has 7 heavy (non-hydrogen) atoms. The first kappa shape index (κ1) is 6.03. The lowest BCUT2D eigenvalue weighted by Gasteiger charge is -1.86. The largest absolute Gasteiger partial charge is 0.285 e. The minimum Gasteiger partial charge on any atom is -0.285 e. The van der Waals surface area contributed by atoms with Gasteiger partial charge in [-0.1, -0.05) is 13.3 Å². The molecule has 2 nitrogen and oxygen atoms in total. The first-order valence-electron chi connectivity index (χ1n) is 2.05. The van der Waals surface area contributed by atoms with Crippen molar-refractivity contribution in [3.8, 4) is 12.5 Å². The second kappa shape index (κ2) is 3.23. The highest BCUT2D eigenvalue weighted by Crippen LogP contribution is 1.69. The Balaban J connectivity index is 3.23. The van der Waals surface area contributed by atoms with E-state index in [4.69, 9.17) is 6.42 Å². The molecule has 0 aliphatic heterocycles. The second-order valence-electron chi connectivity index (χ2n) is 1.05. The lowest BCUT2D eigenvalue weighted by atomic mass is 10.5. The Labute approximate surface area is 42.9 Å². The van der Waals surface area contributed by atoms with E-state index in [1.807, 2.05) is 6.04 Å². The van der Waals surface area contributed by atoms with E-state index in [0.717, 1.165) is 0 Å². The SMILES string of the molecule is C#CNC(=O)CC. The van der Waals surface area contributed by atoms with E-state index in [-0.39, 0.29) is 5.91 Å². The van der Waals surface area contributed by atoms with Crippen LogP contribution in [0, 0.1) is 12.5 Å². The molecule has 1 amide bonds. The molecule has 0 aromatic carbocycles. The molecule has 0 aromatic heterocycles. The quantitative estimate of drug-likeness (QED) is 0.365. The fourth-order valence-electron chi connectivity index (χ4n) is 0.169. The van der Waals surface area contributed by atoms with Gasteiger partial charge in [0.25, 0.3) is 0 Å². The number of rotatable bonds is 1. The van der Waals surface area contributed by atoms with Crippen LogP contribution in [0.4, 0.5) is 0 Å². The van der Waals surface area contributed by atoms with Crippen LogP contribution in [0.1, 0.15) is 13.3 Å². The van der Waals surface area contributed by atoms with Crippen molar-refractivity contribution in [3.05, 3.63) is 0 Å². The topological polar surface area (TPSA) is 29.1 Å². The summed E-state index contributed by atoms with van der Waals surface area (Å²) in [5.41, 5.74) is 0. The molecule has 0 bridgehead atoms. The highest BCUT2D eigenvalue weighted by Gasteiger charge is 1.87. The zero-order valence-corrected chi connectivity index (χ0v) is 4.19. The molecule has 0 unspecified atom stereocenters. The molecular formula is C5H7NO. The highest BCUT2D eigenvalue weighted by molar-refractivity contribution is 5.77. The highest BCUT2D eigenvalue weighted by atomic mass is 16.1. The third kappa shape index (κ3) is 2.84. The molecule has 0 spiro atoms. The van der Waals surface area contributed by atoms with Crippen LogP contribution in [0.5, 0.6) is 0 Å². The Kier molecular flexibility index (Phi) is 2.78. The molecule has 0 saturated heterocycles. The van der Waals surface area contributed by atoms with E-state index in [9.17, 15) is 4.79 Å². The van der Waals surface area contributed by atoms with E-state index in [0.29, 0.717) is 6.42 Å². The van der Waals surface area contributed by atoms with Gasteiger partial charge in [-0.05, 0) is 0 Å². The summed E-state index contributed by atoms with van der Waals surface area (Å²) in [5.74, 6) is -0.109. The Morgan fingerprint density at radius 1 is 2.00 bits per heavy atom. The van der Waals surface area contributed by atoms with Gasteiger partial charge in [0, 0.05) is 12.5 Å². The lowest BCUT2D eigenvalue weighted by molar-refractivity contribution is -0.119. The van der Waals surface area contributed by atoms with Crippen LogP contribution >= 0.6 is 0 Å². The number of carbonyl (C=O) groups is 1. The molecule has 0 aromatic rings. The number of amides is 1. The maximum Gasteiger partial charge on any atom is 0.231 e. The number of hydrogen-bond donors (Lipinski definition) is 1. The van der Waals surface area contributed by atoms with Crippen LogP contribution in [0.25, 0.3) is 0 Å². The minimum atomic E-state index is -0.109. The van der Waals surface area contributed by atoms with E-state index in [2.05, 4.69) is 5.32 Å². The third-order valence-corrected chi connectivity index (χ3v) is 0.533. The molecule has 0 radical (unpaired) electrons. The molecular weight excluding hydrogens is 90.1 g/mol. The summed E-state index contributed by atoms with van der Waals surface area (Å²) in [4.78, 5) is 10.2. The maximum atomic E-state index is 10.2. The average Bonchev–Trinajstić information content (AvgIpc) is 1.68. The molecule has 0 rings (SSSR count). The zero-order valence-electron chi connectivity index (χ0n) is 4.19. The third-order valence-electron chi connectivity index (χ3n) is 0.533. The predicted octanol–water partition coefficient (Wildman–Crippen LogP) is 0.103. The number of carbonyl (C=O) groups excluding carboxylic acids is 1. The van der Waals surface area contributed by atoms with E-state index < -0.39 is 0 Å². The summed E-state index contributed by atoms with van der Waals surface area (Å²) >= 11 is 0. The molecule has 2 heteroatoms. The lowest BCUT2D eigenvalue weighted by Crippen LogP contribution is -2.14. The van der Waals surface area contributed by atoms with Crippen molar-refractivity contribution in [1.29, 1.82) is 0 Å². The van der Waals surface area contributed by atoms with Crippen LogP contribution in [0.15, 0.2) is 0 Å². The van der Waals surface area contributed by atoms with Crippen LogP contribution in [0.3, 0.4) is 0 Å². The van der Waals surface area contributed by atoms with Gasteiger partial charge in [0.05, 0.1) is 0 Å². The van der Waals surface area contributed by atoms with Crippen molar-refractivity contribution in [2.45, 2.75) is 13.3 Å². The molecule has 0 atom stereocenters. The van der Waals surface area contributed by atoms with Crippen LogP contribution in [0.2, 0.25) is 0 Å². The maximum absolute atomic E-state index is 10.2. The van der Waals surface area contributed by atoms with Crippen molar-refractivity contribution < 1.29 is 4.79 Å². The van der Waals surface area contributed by atoms with Crippen molar-refractivity contribution in [2.75, 3.05) is 0 Å². The van der Waals surface area contributed by atoms with Crippen LogP contribution in [-0.4, -0.2) is 5.91 Å². The van der Waals surface area contributed by atoms with Gasteiger partial charge in [0.15, 0.2) is 0 Å². The zero-order chi connectivity index (χ0) is 5.70. The Morgan fingerprint density at radius 3 is 2.71 bits per heavy atom.